The molecule has 1 heterocycles. The maximum absolute atomic E-state index is 10.5. The summed E-state index contributed by atoms with van der Waals surface area (Å²) in [5.74, 6) is 1.31. The van der Waals surface area contributed by atoms with Crippen molar-refractivity contribution >= 4 is 5.69 Å². The summed E-state index contributed by atoms with van der Waals surface area (Å²) in [6, 6.07) is 3.73. The first-order valence-corrected chi connectivity index (χ1v) is 8.51. The van der Waals surface area contributed by atoms with Crippen molar-refractivity contribution in [3.63, 3.8) is 0 Å². The lowest BCUT2D eigenvalue weighted by Gasteiger charge is -2.21. The van der Waals surface area contributed by atoms with Crippen molar-refractivity contribution in [2.75, 3.05) is 52.9 Å². The molecule has 1 aromatic rings. The molecule has 0 bridgehead atoms. The first-order chi connectivity index (χ1) is 11.6. The van der Waals surface area contributed by atoms with Crippen LogP contribution in [0.2, 0.25) is 0 Å². The van der Waals surface area contributed by atoms with E-state index in [1.54, 1.807) is 14.2 Å². The van der Waals surface area contributed by atoms with E-state index in [4.69, 9.17) is 9.47 Å². The van der Waals surface area contributed by atoms with Crippen LogP contribution in [0.15, 0.2) is 12.1 Å². The zero-order valence-corrected chi connectivity index (χ0v) is 15.3. The van der Waals surface area contributed by atoms with Crippen LogP contribution in [-0.2, 0) is 0 Å². The fourth-order valence-corrected chi connectivity index (χ4v) is 2.85. The van der Waals surface area contributed by atoms with Gasteiger partial charge in [-0.3, -0.25) is 4.39 Å². The minimum absolute atomic E-state index is 0.250. The SMILES string of the molecule is CCF.CNc1cc(OC)c(OC)cc1C(O)CCN1CCCC1. The second-order valence-electron chi connectivity index (χ2n) is 5.66. The fraction of sp³-hybridized carbons (Fsp3) is 0.667. The summed E-state index contributed by atoms with van der Waals surface area (Å²) in [5, 5.41) is 13.6. The number of alkyl halides is 1. The average Bonchev–Trinajstić information content (AvgIpc) is 3.12. The number of hydrogen-bond donors (Lipinski definition) is 2. The number of nitrogens with zero attached hydrogens (tertiary/aromatic N) is 1. The molecule has 1 atom stereocenters. The van der Waals surface area contributed by atoms with Crippen LogP contribution >= 0.6 is 0 Å². The van der Waals surface area contributed by atoms with Gasteiger partial charge in [0.05, 0.1) is 27.0 Å². The third kappa shape index (κ3) is 5.83. The summed E-state index contributed by atoms with van der Waals surface area (Å²) in [6.45, 7) is 4.44. The number of nitrogens with one attached hydrogen (secondary N) is 1. The minimum Gasteiger partial charge on any atom is -0.493 e. The van der Waals surface area contributed by atoms with E-state index in [2.05, 4.69) is 10.2 Å². The predicted octanol–water partition coefficient (Wildman–Crippen LogP) is 3.24. The lowest BCUT2D eigenvalue weighted by Crippen LogP contribution is -2.22. The standard InChI is InChI=1S/C16H26N2O3.C2H5F/c1-17-13-11-16(21-3)15(20-2)10-12(13)14(19)6-9-18-7-4-5-8-18;1-2-3/h10-11,14,17,19H,4-9H2,1-3H3;2H2,1H3. The third-order valence-electron chi connectivity index (χ3n) is 4.10. The number of methoxy groups -OCH3 is 2. The van der Waals surface area contributed by atoms with Crippen LogP contribution in [0, 0.1) is 0 Å². The Kier molecular flexibility index (Phi) is 9.49. The van der Waals surface area contributed by atoms with Gasteiger partial charge in [-0.25, -0.2) is 0 Å². The highest BCUT2D eigenvalue weighted by molar-refractivity contribution is 5.61. The maximum Gasteiger partial charge on any atom is 0.162 e. The highest BCUT2D eigenvalue weighted by Crippen LogP contribution is 2.37. The van der Waals surface area contributed by atoms with Crippen LogP contribution < -0.4 is 14.8 Å². The Hall–Kier alpha value is -1.53. The Morgan fingerprint density at radius 2 is 1.75 bits per heavy atom. The van der Waals surface area contributed by atoms with Gasteiger partial charge in [-0.1, -0.05) is 0 Å². The van der Waals surface area contributed by atoms with Crippen molar-refractivity contribution in [1.29, 1.82) is 0 Å². The lowest BCUT2D eigenvalue weighted by atomic mass is 10.0. The Bertz CT molecular complexity index is 480. The molecule has 5 nitrogen and oxygen atoms in total. The zero-order chi connectivity index (χ0) is 17.9. The molecular formula is C18H31FN2O3. The van der Waals surface area contributed by atoms with Gasteiger partial charge in [0.25, 0.3) is 0 Å². The third-order valence-corrected chi connectivity index (χ3v) is 4.10. The summed E-state index contributed by atoms with van der Waals surface area (Å²) in [4.78, 5) is 2.41. The molecule has 1 aliphatic rings. The van der Waals surface area contributed by atoms with Crippen molar-refractivity contribution in [3.8, 4) is 11.5 Å². The first-order valence-electron chi connectivity index (χ1n) is 8.51. The predicted molar refractivity (Wildman–Crippen MR) is 96.0 cm³/mol. The largest absolute Gasteiger partial charge is 0.493 e. The number of ether oxygens (including phenoxy) is 2. The highest BCUT2D eigenvalue weighted by Gasteiger charge is 2.19. The van der Waals surface area contributed by atoms with Gasteiger partial charge in [-0.2, -0.15) is 0 Å². The van der Waals surface area contributed by atoms with Crippen molar-refractivity contribution in [2.45, 2.75) is 32.3 Å². The Morgan fingerprint density at radius 3 is 2.25 bits per heavy atom. The number of benzene rings is 1. The first kappa shape index (κ1) is 20.5. The quantitative estimate of drug-likeness (QED) is 0.797. The van der Waals surface area contributed by atoms with E-state index in [-0.39, 0.29) is 6.67 Å². The van der Waals surface area contributed by atoms with E-state index < -0.39 is 6.10 Å². The van der Waals surface area contributed by atoms with E-state index in [0.29, 0.717) is 11.5 Å². The number of aliphatic hydroxyl groups excluding tert-OH is 1. The van der Waals surface area contributed by atoms with Crippen LogP contribution in [0.3, 0.4) is 0 Å². The molecule has 0 saturated carbocycles. The van der Waals surface area contributed by atoms with Crippen molar-refractivity contribution in [2.24, 2.45) is 0 Å². The van der Waals surface area contributed by atoms with Gasteiger partial charge in [-0.15, -0.1) is 0 Å². The normalized spacial score (nSPS) is 15.4. The number of likely N-dealkylation sites (tertiary alicyclic amines) is 1. The lowest BCUT2D eigenvalue weighted by molar-refractivity contribution is 0.149. The molecule has 0 amide bonds. The van der Waals surface area contributed by atoms with Crippen LogP contribution in [0.1, 0.15) is 37.9 Å². The topological polar surface area (TPSA) is 54.0 Å². The second kappa shape index (κ2) is 11.1. The van der Waals surface area contributed by atoms with Gasteiger partial charge >= 0.3 is 0 Å². The van der Waals surface area contributed by atoms with E-state index in [0.717, 1.165) is 37.3 Å². The number of halogens is 1. The van der Waals surface area contributed by atoms with E-state index in [1.165, 1.54) is 19.8 Å². The molecule has 138 valence electrons. The van der Waals surface area contributed by atoms with E-state index in [1.807, 2.05) is 19.2 Å². The zero-order valence-electron chi connectivity index (χ0n) is 15.3. The fourth-order valence-electron chi connectivity index (χ4n) is 2.85. The van der Waals surface area contributed by atoms with E-state index >= 15 is 0 Å². The number of aliphatic hydroxyl groups is 1. The molecular weight excluding hydrogens is 311 g/mol. The van der Waals surface area contributed by atoms with Crippen LogP contribution in [0.5, 0.6) is 11.5 Å². The molecule has 2 N–H and O–H groups in total. The molecule has 0 aromatic heterocycles. The Labute approximate surface area is 144 Å². The molecule has 0 radical (unpaired) electrons. The summed E-state index contributed by atoms with van der Waals surface area (Å²) in [7, 11) is 5.07. The number of hydrogen-bond acceptors (Lipinski definition) is 5. The van der Waals surface area contributed by atoms with Crippen molar-refractivity contribution < 1.29 is 19.0 Å². The summed E-state index contributed by atoms with van der Waals surface area (Å²) >= 11 is 0. The van der Waals surface area contributed by atoms with Gasteiger partial charge in [0.15, 0.2) is 11.5 Å². The Morgan fingerprint density at radius 1 is 1.21 bits per heavy atom. The summed E-state index contributed by atoms with van der Waals surface area (Å²) < 4.78 is 20.9. The molecule has 6 heteroatoms. The van der Waals surface area contributed by atoms with Gasteiger partial charge in [0.1, 0.15) is 0 Å². The smallest absolute Gasteiger partial charge is 0.162 e. The minimum atomic E-state index is -0.507. The highest BCUT2D eigenvalue weighted by atomic mass is 19.1. The van der Waals surface area contributed by atoms with Gasteiger partial charge < -0.3 is 24.8 Å². The molecule has 2 rings (SSSR count). The van der Waals surface area contributed by atoms with Crippen LogP contribution in [-0.4, -0.2) is 57.6 Å². The second-order valence-corrected chi connectivity index (χ2v) is 5.66. The molecule has 24 heavy (non-hydrogen) atoms. The van der Waals surface area contributed by atoms with Gasteiger partial charge in [-0.05, 0) is 45.3 Å². The number of anilines is 1. The molecule has 0 spiro atoms. The van der Waals surface area contributed by atoms with E-state index in [9.17, 15) is 9.50 Å². The Balaban J connectivity index is 0.000000891. The molecule has 1 aromatic carbocycles. The molecule has 0 aliphatic carbocycles. The number of rotatable bonds is 7. The molecule has 1 saturated heterocycles. The van der Waals surface area contributed by atoms with Crippen LogP contribution in [0.4, 0.5) is 10.1 Å². The molecule has 1 unspecified atom stereocenters. The summed E-state index contributed by atoms with van der Waals surface area (Å²) in [6.07, 6.45) is 2.76. The van der Waals surface area contributed by atoms with Crippen LogP contribution in [0.25, 0.3) is 0 Å². The monoisotopic (exact) mass is 342 g/mol. The van der Waals surface area contributed by atoms with Gasteiger partial charge in [0, 0.05) is 30.9 Å². The maximum atomic E-state index is 10.5. The van der Waals surface area contributed by atoms with Crippen molar-refractivity contribution in [1.82, 2.24) is 4.90 Å². The summed E-state index contributed by atoms with van der Waals surface area (Å²) in [5.41, 5.74) is 1.73. The molecule has 1 fully saturated rings. The van der Waals surface area contributed by atoms with Gasteiger partial charge in [0.2, 0.25) is 0 Å². The molecule has 1 aliphatic heterocycles. The van der Waals surface area contributed by atoms with Crippen molar-refractivity contribution in [3.05, 3.63) is 17.7 Å². The average molecular weight is 342 g/mol.